The summed E-state index contributed by atoms with van der Waals surface area (Å²) in [6.07, 6.45) is 0. The number of aryl methyl sites for hydroxylation is 2. The number of aromatic amines is 1. The summed E-state index contributed by atoms with van der Waals surface area (Å²) in [5.41, 5.74) is -0.0940. The van der Waals surface area contributed by atoms with E-state index in [4.69, 9.17) is 0 Å². The highest BCUT2D eigenvalue weighted by Crippen LogP contribution is 2.24. The molecule has 0 atom stereocenters. The zero-order valence-corrected chi connectivity index (χ0v) is 9.78. The van der Waals surface area contributed by atoms with E-state index < -0.39 is 17.9 Å². The first-order chi connectivity index (χ1) is 7.56. The predicted octanol–water partition coefficient (Wildman–Crippen LogP) is 1.34. The molecule has 2 aromatic rings. The molecule has 0 spiro atoms. The number of thiophene rings is 1. The van der Waals surface area contributed by atoms with Crippen molar-refractivity contribution < 1.29 is 4.39 Å². The van der Waals surface area contributed by atoms with E-state index in [-0.39, 0.29) is 6.54 Å². The molecule has 0 aliphatic carbocycles. The van der Waals surface area contributed by atoms with Crippen molar-refractivity contribution in [2.45, 2.75) is 20.4 Å². The van der Waals surface area contributed by atoms with Crippen molar-refractivity contribution in [1.82, 2.24) is 9.55 Å². The van der Waals surface area contributed by atoms with Crippen LogP contribution in [0.1, 0.15) is 10.4 Å². The van der Waals surface area contributed by atoms with Crippen LogP contribution in [0.4, 0.5) is 4.39 Å². The highest BCUT2D eigenvalue weighted by molar-refractivity contribution is 7.18. The number of halogens is 1. The van der Waals surface area contributed by atoms with E-state index in [1.165, 1.54) is 11.3 Å². The maximum absolute atomic E-state index is 12.2. The Morgan fingerprint density at radius 1 is 1.38 bits per heavy atom. The molecule has 0 saturated carbocycles. The molecule has 4 nitrogen and oxygen atoms in total. The van der Waals surface area contributed by atoms with Gasteiger partial charge in [-0.1, -0.05) is 0 Å². The summed E-state index contributed by atoms with van der Waals surface area (Å²) in [6, 6.07) is 0. The van der Waals surface area contributed by atoms with Crippen molar-refractivity contribution in [3.8, 4) is 0 Å². The highest BCUT2D eigenvalue weighted by Gasteiger charge is 2.13. The summed E-state index contributed by atoms with van der Waals surface area (Å²) in [5, 5.41) is 0.496. The maximum Gasteiger partial charge on any atom is 0.329 e. The lowest BCUT2D eigenvalue weighted by atomic mass is 10.2. The van der Waals surface area contributed by atoms with Crippen LogP contribution in [0, 0.1) is 13.8 Å². The summed E-state index contributed by atoms with van der Waals surface area (Å²) in [6.45, 7) is 2.79. The summed E-state index contributed by atoms with van der Waals surface area (Å²) < 4.78 is 13.1. The number of nitrogens with one attached hydrogen (secondary N) is 1. The van der Waals surface area contributed by atoms with E-state index in [1.54, 1.807) is 0 Å². The molecular formula is C10H11FN2O2S. The Morgan fingerprint density at radius 2 is 2.06 bits per heavy atom. The largest absolute Gasteiger partial charge is 0.329 e. The van der Waals surface area contributed by atoms with Gasteiger partial charge in [0.05, 0.1) is 11.9 Å². The van der Waals surface area contributed by atoms with Crippen molar-refractivity contribution in [3.05, 3.63) is 31.3 Å². The van der Waals surface area contributed by atoms with Crippen molar-refractivity contribution in [3.63, 3.8) is 0 Å². The average molecular weight is 242 g/mol. The van der Waals surface area contributed by atoms with Crippen LogP contribution in [0.25, 0.3) is 10.2 Å². The van der Waals surface area contributed by atoms with Crippen molar-refractivity contribution in [2.75, 3.05) is 6.67 Å². The molecule has 86 valence electrons. The van der Waals surface area contributed by atoms with Crippen LogP contribution >= 0.6 is 11.3 Å². The van der Waals surface area contributed by atoms with Crippen LogP contribution in [0.5, 0.6) is 0 Å². The van der Waals surface area contributed by atoms with E-state index in [1.807, 2.05) is 13.8 Å². The number of hydrogen-bond acceptors (Lipinski definition) is 3. The minimum atomic E-state index is -0.726. The zero-order valence-electron chi connectivity index (χ0n) is 8.96. The first kappa shape index (κ1) is 11.1. The summed E-state index contributed by atoms with van der Waals surface area (Å²) in [7, 11) is 0. The minimum Gasteiger partial charge on any atom is -0.298 e. The van der Waals surface area contributed by atoms with E-state index in [0.29, 0.717) is 10.2 Å². The predicted molar refractivity (Wildman–Crippen MR) is 62.2 cm³/mol. The monoisotopic (exact) mass is 242 g/mol. The number of H-pyrrole nitrogens is 1. The minimum absolute atomic E-state index is 0.196. The van der Waals surface area contributed by atoms with Crippen LogP contribution in [-0.4, -0.2) is 16.2 Å². The van der Waals surface area contributed by atoms with Gasteiger partial charge in [0.2, 0.25) is 0 Å². The zero-order chi connectivity index (χ0) is 11.9. The lowest BCUT2D eigenvalue weighted by Gasteiger charge is -2.01. The molecule has 0 aliphatic heterocycles. The van der Waals surface area contributed by atoms with Gasteiger partial charge in [-0.15, -0.1) is 11.3 Å². The smallest absolute Gasteiger partial charge is 0.298 e. The average Bonchev–Trinajstić information content (AvgIpc) is 2.49. The molecule has 0 bridgehead atoms. The molecule has 2 rings (SSSR count). The van der Waals surface area contributed by atoms with Crippen molar-refractivity contribution in [2.24, 2.45) is 0 Å². The molecule has 0 amide bonds. The standard InChI is InChI=1S/C10H11FN2O2S/c1-5-6(2)16-8-7(5)9(14)13(4-3-11)10(15)12-8/h3-4H2,1-2H3,(H,12,15). The molecule has 0 aromatic carbocycles. The van der Waals surface area contributed by atoms with E-state index in [9.17, 15) is 14.0 Å². The van der Waals surface area contributed by atoms with Crippen LogP contribution in [0.3, 0.4) is 0 Å². The number of alkyl halides is 1. The van der Waals surface area contributed by atoms with Crippen LogP contribution in [0.2, 0.25) is 0 Å². The number of hydrogen-bond donors (Lipinski definition) is 1. The third-order valence-corrected chi connectivity index (χ3v) is 3.74. The molecule has 0 aliphatic rings. The van der Waals surface area contributed by atoms with Crippen LogP contribution in [0.15, 0.2) is 9.59 Å². The van der Waals surface area contributed by atoms with Gasteiger partial charge < -0.3 is 0 Å². The molecule has 2 heterocycles. The summed E-state index contributed by atoms with van der Waals surface area (Å²) in [5.74, 6) is 0. The number of fused-ring (bicyclic) bond motifs is 1. The maximum atomic E-state index is 12.2. The molecular weight excluding hydrogens is 231 g/mol. The van der Waals surface area contributed by atoms with Gasteiger partial charge in [-0.05, 0) is 19.4 Å². The van der Waals surface area contributed by atoms with Gasteiger partial charge in [0.1, 0.15) is 11.5 Å². The Hall–Kier alpha value is -1.43. The van der Waals surface area contributed by atoms with Crippen LogP contribution in [-0.2, 0) is 6.54 Å². The Balaban J connectivity index is 2.91. The summed E-state index contributed by atoms with van der Waals surface area (Å²) >= 11 is 1.37. The Bertz CT molecular complexity index is 653. The van der Waals surface area contributed by atoms with Gasteiger partial charge in [0, 0.05) is 4.88 Å². The van der Waals surface area contributed by atoms with E-state index in [2.05, 4.69) is 4.98 Å². The molecule has 2 aromatic heterocycles. The number of nitrogens with zero attached hydrogens (tertiary/aromatic N) is 1. The SMILES string of the molecule is Cc1sc2[nH]c(=O)n(CCF)c(=O)c2c1C. The fraction of sp³-hybridized carbons (Fsp3) is 0.400. The van der Waals surface area contributed by atoms with Gasteiger partial charge in [0.15, 0.2) is 0 Å². The normalized spacial score (nSPS) is 11.2. The molecule has 0 unspecified atom stereocenters. The van der Waals surface area contributed by atoms with E-state index in [0.717, 1.165) is 15.0 Å². The van der Waals surface area contributed by atoms with Gasteiger partial charge >= 0.3 is 5.69 Å². The summed E-state index contributed by atoms with van der Waals surface area (Å²) in [4.78, 5) is 27.6. The number of aromatic nitrogens is 2. The lowest BCUT2D eigenvalue weighted by molar-refractivity contribution is 0.433. The fourth-order valence-corrected chi connectivity index (χ4v) is 2.69. The topological polar surface area (TPSA) is 54.9 Å². The first-order valence-electron chi connectivity index (χ1n) is 4.85. The van der Waals surface area contributed by atoms with Gasteiger partial charge in [-0.25, -0.2) is 9.18 Å². The molecule has 16 heavy (non-hydrogen) atoms. The molecule has 0 fully saturated rings. The third kappa shape index (κ3) is 1.49. The second-order valence-corrected chi connectivity index (χ2v) is 4.79. The lowest BCUT2D eigenvalue weighted by Crippen LogP contribution is -2.35. The fourth-order valence-electron chi connectivity index (χ4n) is 1.65. The highest BCUT2D eigenvalue weighted by atomic mass is 32.1. The van der Waals surface area contributed by atoms with Gasteiger partial charge in [-0.3, -0.25) is 14.3 Å². The van der Waals surface area contributed by atoms with Gasteiger partial charge in [0.25, 0.3) is 5.56 Å². The molecule has 1 N–H and O–H groups in total. The van der Waals surface area contributed by atoms with E-state index >= 15 is 0 Å². The third-order valence-electron chi connectivity index (χ3n) is 2.62. The molecule has 0 saturated heterocycles. The van der Waals surface area contributed by atoms with Gasteiger partial charge in [-0.2, -0.15) is 0 Å². The van der Waals surface area contributed by atoms with Crippen molar-refractivity contribution >= 4 is 21.6 Å². The first-order valence-corrected chi connectivity index (χ1v) is 5.66. The van der Waals surface area contributed by atoms with Crippen molar-refractivity contribution in [1.29, 1.82) is 0 Å². The second kappa shape index (κ2) is 3.86. The molecule has 0 radical (unpaired) electrons. The Morgan fingerprint density at radius 3 is 2.69 bits per heavy atom. The quantitative estimate of drug-likeness (QED) is 0.864. The molecule has 6 heteroatoms. The Kier molecular flexibility index (Phi) is 2.67. The van der Waals surface area contributed by atoms with Crippen LogP contribution < -0.4 is 11.2 Å². The Labute approximate surface area is 94.4 Å². The second-order valence-electron chi connectivity index (χ2n) is 3.56. The number of rotatable bonds is 2.